The van der Waals surface area contributed by atoms with Crippen molar-refractivity contribution in [2.24, 2.45) is 0 Å². The van der Waals surface area contributed by atoms with E-state index in [9.17, 15) is 4.79 Å². The smallest absolute Gasteiger partial charge is 0.227 e. The predicted molar refractivity (Wildman–Crippen MR) is 78.3 cm³/mol. The first-order chi connectivity index (χ1) is 9.83. The van der Waals surface area contributed by atoms with Crippen LogP contribution >= 0.6 is 0 Å². The van der Waals surface area contributed by atoms with Crippen molar-refractivity contribution < 1.29 is 4.79 Å². The molecule has 20 heavy (non-hydrogen) atoms. The maximum atomic E-state index is 12.5. The molecule has 1 aromatic rings. The maximum absolute atomic E-state index is 12.5. The fourth-order valence-corrected chi connectivity index (χ4v) is 2.93. The third-order valence-corrected chi connectivity index (χ3v) is 4.24. The molecule has 1 unspecified atom stereocenters. The lowest BCUT2D eigenvalue weighted by atomic mass is 10.0. The highest BCUT2D eigenvalue weighted by Crippen LogP contribution is 2.28. The molecular formula is C16H23N3O. The van der Waals surface area contributed by atoms with Crippen LogP contribution in [0.15, 0.2) is 24.5 Å². The summed E-state index contributed by atoms with van der Waals surface area (Å²) in [5, 5.41) is 3.55. The van der Waals surface area contributed by atoms with E-state index < -0.39 is 0 Å². The number of carbonyl (C=O) groups excluding carboxylic acids is 1. The third-order valence-electron chi connectivity index (χ3n) is 4.24. The molecule has 0 aromatic carbocycles. The van der Waals surface area contributed by atoms with E-state index in [4.69, 9.17) is 0 Å². The van der Waals surface area contributed by atoms with Gasteiger partial charge in [-0.15, -0.1) is 0 Å². The number of amides is 1. The number of aromatic nitrogens is 1. The Hall–Kier alpha value is -1.42. The summed E-state index contributed by atoms with van der Waals surface area (Å²) >= 11 is 0. The van der Waals surface area contributed by atoms with E-state index in [1.807, 2.05) is 12.1 Å². The molecule has 0 spiro atoms. The Labute approximate surface area is 120 Å². The van der Waals surface area contributed by atoms with Crippen molar-refractivity contribution in [3.8, 4) is 0 Å². The van der Waals surface area contributed by atoms with Crippen molar-refractivity contribution >= 4 is 5.91 Å². The Morgan fingerprint density at radius 3 is 2.70 bits per heavy atom. The van der Waals surface area contributed by atoms with Crippen LogP contribution in [0, 0.1) is 0 Å². The van der Waals surface area contributed by atoms with Gasteiger partial charge in [0.1, 0.15) is 0 Å². The molecule has 108 valence electrons. The number of nitrogens with one attached hydrogen (secondary N) is 1. The molecule has 1 amide bonds. The van der Waals surface area contributed by atoms with Crippen molar-refractivity contribution in [3.63, 3.8) is 0 Å². The van der Waals surface area contributed by atoms with E-state index in [-0.39, 0.29) is 5.91 Å². The van der Waals surface area contributed by atoms with E-state index in [1.54, 1.807) is 12.4 Å². The quantitative estimate of drug-likeness (QED) is 0.889. The van der Waals surface area contributed by atoms with Crippen LogP contribution in [0.3, 0.4) is 0 Å². The molecule has 1 atom stereocenters. The molecular weight excluding hydrogens is 250 g/mol. The predicted octanol–water partition coefficient (Wildman–Crippen LogP) is 1.76. The van der Waals surface area contributed by atoms with Crippen LogP contribution in [-0.2, 0) is 11.2 Å². The lowest BCUT2D eigenvalue weighted by molar-refractivity contribution is -0.131. The zero-order valence-electron chi connectivity index (χ0n) is 11.9. The first-order valence-electron chi connectivity index (χ1n) is 7.74. The van der Waals surface area contributed by atoms with Crippen molar-refractivity contribution in [2.45, 2.75) is 50.6 Å². The van der Waals surface area contributed by atoms with E-state index >= 15 is 0 Å². The molecule has 1 N–H and O–H groups in total. The largest absolute Gasteiger partial charge is 0.338 e. The van der Waals surface area contributed by atoms with Crippen molar-refractivity contribution in [1.82, 2.24) is 15.2 Å². The molecule has 4 heteroatoms. The summed E-state index contributed by atoms with van der Waals surface area (Å²) < 4.78 is 0. The lowest BCUT2D eigenvalue weighted by Gasteiger charge is -2.31. The highest BCUT2D eigenvalue weighted by molar-refractivity contribution is 5.79. The Bertz CT molecular complexity index is 438. The topological polar surface area (TPSA) is 45.2 Å². The van der Waals surface area contributed by atoms with E-state index in [0.29, 0.717) is 18.5 Å². The minimum absolute atomic E-state index is 0.270. The van der Waals surface area contributed by atoms with Crippen LogP contribution < -0.4 is 5.32 Å². The fourth-order valence-electron chi connectivity index (χ4n) is 2.93. The summed E-state index contributed by atoms with van der Waals surface area (Å²) in [6.45, 7) is 1.98. The summed E-state index contributed by atoms with van der Waals surface area (Å²) in [5.74, 6) is 0.270. The standard InChI is InChI=1S/C16H23N3O/c20-16(11-13-6-9-17-10-7-13)19(15-4-5-15)12-14-3-1-2-8-18-14/h6-7,9-10,14-15,18H,1-5,8,11-12H2. The van der Waals surface area contributed by atoms with Gasteiger partial charge in [0.2, 0.25) is 5.91 Å². The molecule has 1 aliphatic carbocycles. The van der Waals surface area contributed by atoms with E-state index in [0.717, 1.165) is 18.7 Å². The van der Waals surface area contributed by atoms with Crippen molar-refractivity contribution in [1.29, 1.82) is 0 Å². The van der Waals surface area contributed by atoms with Gasteiger partial charge in [0.15, 0.2) is 0 Å². The molecule has 0 radical (unpaired) electrons. The zero-order chi connectivity index (χ0) is 13.8. The van der Waals surface area contributed by atoms with Crippen molar-refractivity contribution in [2.75, 3.05) is 13.1 Å². The minimum atomic E-state index is 0.270. The summed E-state index contributed by atoms with van der Waals surface area (Å²) in [6.07, 6.45) is 10.1. The molecule has 0 bridgehead atoms. The second-order valence-corrected chi connectivity index (χ2v) is 5.96. The van der Waals surface area contributed by atoms with Crippen LogP contribution in [0.25, 0.3) is 0 Å². The van der Waals surface area contributed by atoms with Crippen LogP contribution in [0.1, 0.15) is 37.7 Å². The SMILES string of the molecule is O=C(Cc1ccncc1)N(CC1CCCCN1)C1CC1. The molecule has 1 aromatic heterocycles. The zero-order valence-corrected chi connectivity index (χ0v) is 11.9. The van der Waals surface area contributed by atoms with E-state index in [1.165, 1.54) is 32.1 Å². The fraction of sp³-hybridized carbons (Fsp3) is 0.625. The first-order valence-corrected chi connectivity index (χ1v) is 7.74. The number of nitrogens with zero attached hydrogens (tertiary/aromatic N) is 2. The van der Waals surface area contributed by atoms with Gasteiger partial charge in [-0.05, 0) is 49.9 Å². The summed E-state index contributed by atoms with van der Waals surface area (Å²) in [7, 11) is 0. The average Bonchev–Trinajstić information content (AvgIpc) is 3.31. The number of carbonyl (C=O) groups is 1. The molecule has 2 heterocycles. The van der Waals surface area contributed by atoms with Crippen LogP contribution in [-0.4, -0.2) is 41.0 Å². The molecule has 2 aliphatic rings. The highest BCUT2D eigenvalue weighted by atomic mass is 16.2. The Morgan fingerprint density at radius 1 is 1.25 bits per heavy atom. The number of hydrogen-bond acceptors (Lipinski definition) is 3. The molecule has 1 saturated carbocycles. The molecule has 1 aliphatic heterocycles. The van der Waals surface area contributed by atoms with Crippen LogP contribution in [0.4, 0.5) is 0 Å². The summed E-state index contributed by atoms with van der Waals surface area (Å²) in [5.41, 5.74) is 1.06. The number of pyridine rings is 1. The monoisotopic (exact) mass is 273 g/mol. The lowest BCUT2D eigenvalue weighted by Crippen LogP contribution is -2.47. The summed E-state index contributed by atoms with van der Waals surface area (Å²) in [4.78, 5) is 18.7. The van der Waals surface area contributed by atoms with Gasteiger partial charge < -0.3 is 10.2 Å². The maximum Gasteiger partial charge on any atom is 0.227 e. The van der Waals surface area contributed by atoms with Gasteiger partial charge in [-0.25, -0.2) is 0 Å². The van der Waals surface area contributed by atoms with Gasteiger partial charge in [0, 0.05) is 31.0 Å². The summed E-state index contributed by atoms with van der Waals surface area (Å²) in [6, 6.07) is 4.85. The second-order valence-electron chi connectivity index (χ2n) is 5.96. The molecule has 1 saturated heterocycles. The number of rotatable bonds is 5. The van der Waals surface area contributed by atoms with Crippen LogP contribution in [0.2, 0.25) is 0 Å². The Balaban J connectivity index is 1.59. The van der Waals surface area contributed by atoms with Gasteiger partial charge in [0.25, 0.3) is 0 Å². The highest BCUT2D eigenvalue weighted by Gasteiger charge is 2.33. The van der Waals surface area contributed by atoms with Crippen molar-refractivity contribution in [3.05, 3.63) is 30.1 Å². The third kappa shape index (κ3) is 3.57. The Kier molecular flexibility index (Phi) is 4.31. The molecule has 4 nitrogen and oxygen atoms in total. The first kappa shape index (κ1) is 13.6. The van der Waals surface area contributed by atoms with Gasteiger partial charge in [-0.2, -0.15) is 0 Å². The van der Waals surface area contributed by atoms with Crippen LogP contribution in [0.5, 0.6) is 0 Å². The van der Waals surface area contributed by atoms with Gasteiger partial charge in [0.05, 0.1) is 6.42 Å². The normalized spacial score (nSPS) is 22.5. The second kappa shape index (κ2) is 6.35. The van der Waals surface area contributed by atoms with Gasteiger partial charge in [-0.1, -0.05) is 6.42 Å². The van der Waals surface area contributed by atoms with Gasteiger partial charge in [-0.3, -0.25) is 9.78 Å². The van der Waals surface area contributed by atoms with Gasteiger partial charge >= 0.3 is 0 Å². The van der Waals surface area contributed by atoms with E-state index in [2.05, 4.69) is 15.2 Å². The minimum Gasteiger partial charge on any atom is -0.338 e. The number of hydrogen-bond donors (Lipinski definition) is 1. The molecule has 2 fully saturated rings. The number of piperidine rings is 1. The average molecular weight is 273 g/mol. The molecule has 3 rings (SSSR count). The Morgan fingerprint density at radius 2 is 2.05 bits per heavy atom.